The summed E-state index contributed by atoms with van der Waals surface area (Å²) in [6, 6.07) is 4.20. The highest BCUT2D eigenvalue weighted by Gasteiger charge is 2.08. The number of halogens is 2. The number of hydrogen-bond donors (Lipinski definition) is 2. The van der Waals surface area contributed by atoms with Crippen LogP contribution in [0.1, 0.15) is 0 Å². The van der Waals surface area contributed by atoms with Crippen LogP contribution >= 0.6 is 47.5 Å². The van der Waals surface area contributed by atoms with E-state index in [9.17, 15) is 0 Å². The van der Waals surface area contributed by atoms with Crippen molar-refractivity contribution in [3.63, 3.8) is 0 Å². The second-order valence-corrected chi connectivity index (χ2v) is 5.39. The second kappa shape index (κ2) is 5.88. The molecule has 0 aliphatic heterocycles. The molecule has 0 fully saturated rings. The highest BCUT2D eigenvalue weighted by atomic mass is 35.5. The summed E-state index contributed by atoms with van der Waals surface area (Å²) in [5.41, 5.74) is 2.02. The Morgan fingerprint density at radius 3 is 1.67 bits per heavy atom. The number of nitrogens with one attached hydrogen (secondary N) is 2. The second-order valence-electron chi connectivity index (χ2n) is 3.33. The average molecular weight is 323 g/mol. The maximum atomic E-state index is 4.47. The van der Waals surface area contributed by atoms with Crippen LogP contribution in [-0.2, 0) is 0 Å². The summed E-state index contributed by atoms with van der Waals surface area (Å²) in [5, 5.41) is 8.02. The molecule has 18 heavy (non-hydrogen) atoms. The molecule has 1 aromatic carbocycles. The van der Waals surface area contributed by atoms with E-state index < -0.39 is 0 Å². The zero-order valence-corrected chi connectivity index (χ0v) is 12.9. The number of anilines is 2. The average Bonchev–Trinajstić information content (AvgIpc) is 2.86. The molecule has 2 N–H and O–H groups in total. The summed E-state index contributed by atoms with van der Waals surface area (Å²) in [6.45, 7) is 0. The molecule has 0 aliphatic rings. The number of benzene rings is 1. The van der Waals surface area contributed by atoms with Crippen LogP contribution in [0.25, 0.3) is 20.4 Å². The molecule has 2 heterocycles. The lowest BCUT2D eigenvalue weighted by Crippen LogP contribution is -1.84. The molecule has 8 heteroatoms. The summed E-state index contributed by atoms with van der Waals surface area (Å²) in [4.78, 5) is 8.94. The van der Waals surface area contributed by atoms with E-state index in [2.05, 4.69) is 26.7 Å². The molecule has 0 aliphatic carbocycles. The van der Waals surface area contributed by atoms with Crippen LogP contribution in [0.3, 0.4) is 0 Å². The van der Waals surface area contributed by atoms with Crippen molar-refractivity contribution in [2.75, 3.05) is 24.7 Å². The summed E-state index contributed by atoms with van der Waals surface area (Å²) in [6.07, 6.45) is 0. The van der Waals surface area contributed by atoms with Crippen LogP contribution in [0, 0.1) is 0 Å². The van der Waals surface area contributed by atoms with Crippen molar-refractivity contribution in [1.29, 1.82) is 0 Å². The molecular formula is C10H12Cl2N4S2. The minimum atomic E-state index is 0. The largest absolute Gasteiger partial charge is 0.365 e. The topological polar surface area (TPSA) is 49.8 Å². The molecule has 0 bridgehead atoms. The van der Waals surface area contributed by atoms with Crippen molar-refractivity contribution >= 4 is 78.2 Å². The van der Waals surface area contributed by atoms with Gasteiger partial charge in [0, 0.05) is 14.1 Å². The van der Waals surface area contributed by atoms with E-state index in [1.807, 2.05) is 20.2 Å². The number of rotatable bonds is 2. The zero-order valence-electron chi connectivity index (χ0n) is 9.68. The maximum Gasteiger partial charge on any atom is 0.183 e. The first-order valence-corrected chi connectivity index (χ1v) is 6.50. The molecule has 0 unspecified atom stereocenters. The molecule has 0 amide bonds. The van der Waals surface area contributed by atoms with Crippen LogP contribution in [0.2, 0.25) is 0 Å². The Labute approximate surface area is 125 Å². The van der Waals surface area contributed by atoms with Gasteiger partial charge >= 0.3 is 0 Å². The fourth-order valence-electron chi connectivity index (χ4n) is 1.56. The van der Waals surface area contributed by atoms with Crippen LogP contribution in [0.4, 0.5) is 10.3 Å². The van der Waals surface area contributed by atoms with Gasteiger partial charge in [-0.15, -0.1) is 24.8 Å². The highest BCUT2D eigenvalue weighted by molar-refractivity contribution is 7.24. The van der Waals surface area contributed by atoms with Gasteiger partial charge in [0.15, 0.2) is 10.3 Å². The monoisotopic (exact) mass is 322 g/mol. The third-order valence-electron chi connectivity index (χ3n) is 2.33. The van der Waals surface area contributed by atoms with Gasteiger partial charge in [-0.25, -0.2) is 9.97 Å². The van der Waals surface area contributed by atoms with E-state index in [0.29, 0.717) is 0 Å². The molecule has 0 saturated carbocycles. The summed E-state index contributed by atoms with van der Waals surface area (Å²) in [5.74, 6) is 0. The molecule has 2 aromatic heterocycles. The zero-order chi connectivity index (χ0) is 11.1. The minimum absolute atomic E-state index is 0. The molecule has 98 valence electrons. The predicted molar refractivity (Wildman–Crippen MR) is 86.4 cm³/mol. The first kappa shape index (κ1) is 15.2. The van der Waals surface area contributed by atoms with Crippen LogP contribution in [0.5, 0.6) is 0 Å². The van der Waals surface area contributed by atoms with Gasteiger partial charge in [0.2, 0.25) is 0 Å². The Hall–Kier alpha value is -0.820. The Balaban J connectivity index is 0.000000810. The van der Waals surface area contributed by atoms with Crippen LogP contribution < -0.4 is 10.6 Å². The van der Waals surface area contributed by atoms with E-state index in [0.717, 1.165) is 21.3 Å². The fourth-order valence-corrected chi connectivity index (χ4v) is 3.32. The lowest BCUT2D eigenvalue weighted by molar-refractivity contribution is 1.40. The summed E-state index contributed by atoms with van der Waals surface area (Å²) >= 11 is 3.33. The number of thiazole rings is 2. The normalized spacial score (nSPS) is 9.89. The molecule has 3 rings (SSSR count). The molecule has 0 spiro atoms. The highest BCUT2D eigenvalue weighted by Crippen LogP contribution is 2.33. The van der Waals surface area contributed by atoms with E-state index in [1.54, 1.807) is 22.7 Å². The third kappa shape index (κ3) is 2.47. The smallest absolute Gasteiger partial charge is 0.183 e. The molecule has 0 radical (unpaired) electrons. The van der Waals surface area contributed by atoms with E-state index in [-0.39, 0.29) is 24.8 Å². The molecule has 3 aromatic rings. The van der Waals surface area contributed by atoms with Crippen molar-refractivity contribution in [3.05, 3.63) is 12.1 Å². The molecular weight excluding hydrogens is 311 g/mol. The van der Waals surface area contributed by atoms with Crippen molar-refractivity contribution in [2.45, 2.75) is 0 Å². The van der Waals surface area contributed by atoms with Crippen molar-refractivity contribution in [3.8, 4) is 0 Å². The van der Waals surface area contributed by atoms with Gasteiger partial charge < -0.3 is 10.6 Å². The summed E-state index contributed by atoms with van der Waals surface area (Å²) < 4.78 is 2.39. The van der Waals surface area contributed by atoms with Crippen LogP contribution in [-0.4, -0.2) is 24.1 Å². The van der Waals surface area contributed by atoms with E-state index in [4.69, 9.17) is 0 Å². The number of nitrogens with zero attached hydrogens (tertiary/aromatic N) is 2. The fraction of sp³-hybridized carbons (Fsp3) is 0.200. The number of aromatic nitrogens is 2. The van der Waals surface area contributed by atoms with Gasteiger partial charge in [0.1, 0.15) is 0 Å². The maximum absolute atomic E-state index is 4.47. The molecule has 0 atom stereocenters. The lowest BCUT2D eigenvalue weighted by atomic mass is 10.3. The SMILES string of the molecule is CNc1nc2cc3nc(NC)sc3cc2s1.Cl.Cl. The van der Waals surface area contributed by atoms with Gasteiger partial charge in [0.05, 0.1) is 20.4 Å². The first-order valence-electron chi connectivity index (χ1n) is 4.87. The van der Waals surface area contributed by atoms with Gasteiger partial charge in [-0.1, -0.05) is 22.7 Å². The predicted octanol–water partition coefficient (Wildman–Crippen LogP) is 3.83. The third-order valence-corrected chi connectivity index (χ3v) is 4.40. The van der Waals surface area contributed by atoms with Crippen molar-refractivity contribution in [2.24, 2.45) is 0 Å². The molecule has 4 nitrogen and oxygen atoms in total. The van der Waals surface area contributed by atoms with Gasteiger partial charge in [-0.2, -0.15) is 0 Å². The van der Waals surface area contributed by atoms with E-state index in [1.165, 1.54) is 9.40 Å². The van der Waals surface area contributed by atoms with Gasteiger partial charge in [-0.3, -0.25) is 0 Å². The number of hydrogen-bond acceptors (Lipinski definition) is 6. The molecule has 0 saturated heterocycles. The van der Waals surface area contributed by atoms with Crippen molar-refractivity contribution in [1.82, 2.24) is 9.97 Å². The Morgan fingerprint density at radius 2 is 1.28 bits per heavy atom. The van der Waals surface area contributed by atoms with Crippen molar-refractivity contribution < 1.29 is 0 Å². The van der Waals surface area contributed by atoms with E-state index >= 15 is 0 Å². The standard InChI is InChI=1S/C10H10N4S2.2ClH/c1-11-9-13-5-3-6-8(4-7(5)15-9)16-10(12-2)14-6;;/h3-4H,1-2H3,(H,11,13)(H,12,14);2*1H. The van der Waals surface area contributed by atoms with Gasteiger partial charge in [-0.05, 0) is 12.1 Å². The Kier molecular flexibility index (Phi) is 4.98. The minimum Gasteiger partial charge on any atom is -0.365 e. The summed E-state index contributed by atoms with van der Waals surface area (Å²) in [7, 11) is 3.77. The lowest BCUT2D eigenvalue weighted by Gasteiger charge is -1.86. The van der Waals surface area contributed by atoms with Crippen LogP contribution in [0.15, 0.2) is 12.1 Å². The Bertz CT molecular complexity index is 560. The quantitative estimate of drug-likeness (QED) is 0.752. The Morgan fingerprint density at radius 1 is 0.833 bits per heavy atom. The number of fused-ring (bicyclic) bond motifs is 2. The first-order chi connectivity index (χ1) is 7.80. The van der Waals surface area contributed by atoms with Gasteiger partial charge in [0.25, 0.3) is 0 Å².